The smallest absolute Gasteiger partial charge is 0.254 e. The minimum absolute atomic E-state index is 0.0153. The molecule has 4 rings (SSSR count). The number of rotatable bonds is 5. The minimum atomic E-state index is -0.852. The Morgan fingerprint density at radius 1 is 1.23 bits per heavy atom. The number of anilines is 1. The van der Waals surface area contributed by atoms with Crippen LogP contribution in [0.4, 0.5) is 5.82 Å². The SMILES string of the molecule is COC(C)(C)C(=O)N1CCC[C@H](c2nc(C)c3c(n2)N(Cc2ccccc2)C(=O)C3)C1. The molecule has 0 N–H and O–H groups in total. The number of benzene rings is 1. The Morgan fingerprint density at radius 2 is 1.97 bits per heavy atom. The molecule has 7 heteroatoms. The van der Waals surface area contributed by atoms with Crippen molar-refractivity contribution in [3.05, 3.63) is 53.0 Å². The van der Waals surface area contributed by atoms with Crippen molar-refractivity contribution in [1.82, 2.24) is 14.9 Å². The monoisotopic (exact) mass is 422 g/mol. The summed E-state index contributed by atoms with van der Waals surface area (Å²) < 4.78 is 5.39. The Labute approximate surface area is 183 Å². The van der Waals surface area contributed by atoms with E-state index in [4.69, 9.17) is 14.7 Å². The number of aromatic nitrogens is 2. The highest BCUT2D eigenvalue weighted by molar-refractivity contribution is 6.00. The number of fused-ring (bicyclic) bond motifs is 1. The molecule has 2 aliphatic heterocycles. The van der Waals surface area contributed by atoms with Crippen molar-refractivity contribution < 1.29 is 14.3 Å². The number of aryl methyl sites for hydroxylation is 1. The molecule has 1 saturated heterocycles. The van der Waals surface area contributed by atoms with Gasteiger partial charge in [0.25, 0.3) is 5.91 Å². The zero-order chi connectivity index (χ0) is 22.2. The van der Waals surface area contributed by atoms with Gasteiger partial charge in [0.15, 0.2) is 0 Å². The third-order valence-electron chi connectivity index (χ3n) is 6.38. The molecule has 0 aliphatic carbocycles. The van der Waals surface area contributed by atoms with Crippen LogP contribution in [0.15, 0.2) is 30.3 Å². The third kappa shape index (κ3) is 4.19. The van der Waals surface area contributed by atoms with E-state index in [1.54, 1.807) is 25.9 Å². The van der Waals surface area contributed by atoms with Crippen molar-refractivity contribution in [3.63, 3.8) is 0 Å². The van der Waals surface area contributed by atoms with Crippen molar-refractivity contribution >= 4 is 17.6 Å². The lowest BCUT2D eigenvalue weighted by Crippen LogP contribution is -2.49. The molecule has 0 bridgehead atoms. The van der Waals surface area contributed by atoms with Crippen molar-refractivity contribution in [1.29, 1.82) is 0 Å². The molecule has 1 fully saturated rings. The van der Waals surface area contributed by atoms with Crippen LogP contribution in [-0.2, 0) is 27.3 Å². The summed E-state index contributed by atoms with van der Waals surface area (Å²) in [7, 11) is 1.56. The number of carbonyl (C=O) groups excluding carboxylic acids is 2. The van der Waals surface area contributed by atoms with Crippen molar-refractivity contribution in [3.8, 4) is 0 Å². The van der Waals surface area contributed by atoms with Crippen molar-refractivity contribution in [2.75, 3.05) is 25.1 Å². The van der Waals surface area contributed by atoms with Gasteiger partial charge in [-0.05, 0) is 39.2 Å². The predicted molar refractivity (Wildman–Crippen MR) is 118 cm³/mol. The molecule has 7 nitrogen and oxygen atoms in total. The number of hydrogen-bond acceptors (Lipinski definition) is 5. The number of likely N-dealkylation sites (tertiary alicyclic amines) is 1. The van der Waals surface area contributed by atoms with E-state index in [9.17, 15) is 9.59 Å². The summed E-state index contributed by atoms with van der Waals surface area (Å²) in [6.45, 7) is 7.31. The molecule has 0 saturated carbocycles. The van der Waals surface area contributed by atoms with Crippen LogP contribution in [0, 0.1) is 6.92 Å². The van der Waals surface area contributed by atoms with E-state index in [2.05, 4.69) is 0 Å². The summed E-state index contributed by atoms with van der Waals surface area (Å²) in [6.07, 6.45) is 2.15. The lowest BCUT2D eigenvalue weighted by Gasteiger charge is -2.36. The molecule has 0 spiro atoms. The maximum absolute atomic E-state index is 12.9. The van der Waals surface area contributed by atoms with Gasteiger partial charge in [-0.1, -0.05) is 30.3 Å². The normalized spacial score (nSPS) is 19.0. The molecule has 0 radical (unpaired) electrons. The standard InChI is InChI=1S/C24H30N4O3/c1-16-19-13-20(29)28(14-17-9-6-5-7-10-17)22(19)26-21(25-16)18-11-8-12-27(15-18)23(30)24(2,3)31-4/h5-7,9-10,18H,8,11-15H2,1-4H3/t18-/m0/s1. The number of piperidine rings is 1. The fourth-order valence-electron chi connectivity index (χ4n) is 4.35. The third-order valence-corrected chi connectivity index (χ3v) is 6.38. The van der Waals surface area contributed by atoms with Crippen LogP contribution >= 0.6 is 0 Å². The van der Waals surface area contributed by atoms with Crippen LogP contribution in [0.5, 0.6) is 0 Å². The topological polar surface area (TPSA) is 75.6 Å². The Morgan fingerprint density at radius 3 is 2.68 bits per heavy atom. The van der Waals surface area contributed by atoms with Crippen LogP contribution in [0.1, 0.15) is 55.3 Å². The van der Waals surface area contributed by atoms with Gasteiger partial charge in [0.1, 0.15) is 17.2 Å². The van der Waals surface area contributed by atoms with Crippen LogP contribution in [0.3, 0.4) is 0 Å². The maximum atomic E-state index is 12.9. The van der Waals surface area contributed by atoms with Gasteiger partial charge in [0.2, 0.25) is 5.91 Å². The Hall–Kier alpha value is -2.80. The first kappa shape index (κ1) is 21.4. The predicted octanol–water partition coefficient (Wildman–Crippen LogP) is 3.01. The summed E-state index contributed by atoms with van der Waals surface area (Å²) >= 11 is 0. The number of nitrogens with zero attached hydrogens (tertiary/aromatic N) is 4. The zero-order valence-electron chi connectivity index (χ0n) is 18.7. The summed E-state index contributed by atoms with van der Waals surface area (Å²) in [5, 5.41) is 0. The van der Waals surface area contributed by atoms with Crippen molar-refractivity contribution in [2.24, 2.45) is 0 Å². The Bertz CT molecular complexity index is 990. The molecule has 164 valence electrons. The van der Waals surface area contributed by atoms with Crippen LogP contribution < -0.4 is 4.90 Å². The second-order valence-electron chi connectivity index (χ2n) is 8.92. The van der Waals surface area contributed by atoms with Gasteiger partial charge in [-0.2, -0.15) is 0 Å². The second kappa shape index (κ2) is 8.38. The molecule has 3 heterocycles. The molecule has 1 atom stereocenters. The van der Waals surface area contributed by atoms with Gasteiger partial charge in [-0.15, -0.1) is 0 Å². The molecule has 0 unspecified atom stereocenters. The van der Waals surface area contributed by atoms with E-state index >= 15 is 0 Å². The lowest BCUT2D eigenvalue weighted by molar-refractivity contribution is -0.152. The lowest BCUT2D eigenvalue weighted by atomic mass is 9.95. The van der Waals surface area contributed by atoms with E-state index in [0.29, 0.717) is 26.1 Å². The first-order valence-electron chi connectivity index (χ1n) is 10.9. The molecular formula is C24H30N4O3. The molecule has 1 aromatic heterocycles. The fraction of sp³-hybridized carbons (Fsp3) is 0.500. The number of ether oxygens (including phenoxy) is 1. The van der Waals surface area contributed by atoms with E-state index in [0.717, 1.165) is 41.3 Å². The molecule has 2 aromatic rings. The highest BCUT2D eigenvalue weighted by Crippen LogP contribution is 2.34. The average molecular weight is 423 g/mol. The van der Waals surface area contributed by atoms with Crippen LogP contribution in [0.2, 0.25) is 0 Å². The van der Waals surface area contributed by atoms with E-state index in [-0.39, 0.29) is 17.7 Å². The fourth-order valence-corrected chi connectivity index (χ4v) is 4.35. The first-order chi connectivity index (χ1) is 14.8. The van der Waals surface area contributed by atoms with Crippen LogP contribution in [-0.4, -0.2) is 52.5 Å². The van der Waals surface area contributed by atoms with Gasteiger partial charge < -0.3 is 9.64 Å². The van der Waals surface area contributed by atoms with Gasteiger partial charge in [0.05, 0.1) is 13.0 Å². The number of hydrogen-bond donors (Lipinski definition) is 0. The highest BCUT2D eigenvalue weighted by Gasteiger charge is 2.37. The van der Waals surface area contributed by atoms with E-state index in [1.165, 1.54) is 0 Å². The first-order valence-corrected chi connectivity index (χ1v) is 10.9. The summed E-state index contributed by atoms with van der Waals surface area (Å²) in [6, 6.07) is 9.95. The van der Waals surface area contributed by atoms with E-state index < -0.39 is 5.60 Å². The van der Waals surface area contributed by atoms with Gasteiger partial charge in [0, 0.05) is 37.4 Å². The summed E-state index contributed by atoms with van der Waals surface area (Å²) in [5.41, 5.74) is 1.98. The largest absolute Gasteiger partial charge is 0.369 e. The average Bonchev–Trinajstić information content (AvgIpc) is 3.10. The molecule has 1 aromatic carbocycles. The van der Waals surface area contributed by atoms with Crippen molar-refractivity contribution in [2.45, 2.75) is 58.1 Å². The highest BCUT2D eigenvalue weighted by atomic mass is 16.5. The molecule has 2 aliphatic rings. The molecule has 31 heavy (non-hydrogen) atoms. The Kier molecular flexibility index (Phi) is 5.79. The number of methoxy groups -OCH3 is 1. The summed E-state index contributed by atoms with van der Waals surface area (Å²) in [5.74, 6) is 1.52. The minimum Gasteiger partial charge on any atom is -0.369 e. The molecule has 2 amide bonds. The Balaban J connectivity index is 1.60. The maximum Gasteiger partial charge on any atom is 0.254 e. The van der Waals surface area contributed by atoms with Gasteiger partial charge in [-0.25, -0.2) is 9.97 Å². The summed E-state index contributed by atoms with van der Waals surface area (Å²) in [4.78, 5) is 38.9. The van der Waals surface area contributed by atoms with Gasteiger partial charge >= 0.3 is 0 Å². The van der Waals surface area contributed by atoms with Crippen LogP contribution in [0.25, 0.3) is 0 Å². The quantitative estimate of drug-likeness (QED) is 0.740. The molecular weight excluding hydrogens is 392 g/mol. The zero-order valence-corrected chi connectivity index (χ0v) is 18.7. The number of amides is 2. The van der Waals surface area contributed by atoms with E-state index in [1.807, 2.05) is 42.2 Å². The second-order valence-corrected chi connectivity index (χ2v) is 8.92. The number of carbonyl (C=O) groups is 2. The van der Waals surface area contributed by atoms with Gasteiger partial charge in [-0.3, -0.25) is 14.5 Å².